The molecule has 6 rings (SSSR count). The summed E-state index contributed by atoms with van der Waals surface area (Å²) in [6.45, 7) is 2.25. The Morgan fingerprint density at radius 1 is 0.406 bits per heavy atom. The van der Waals surface area contributed by atoms with Gasteiger partial charge in [0.2, 0.25) is 0 Å². The first kappa shape index (κ1) is 19.0. The van der Waals surface area contributed by atoms with E-state index in [9.17, 15) is 0 Å². The second kappa shape index (κ2) is 7.47. The van der Waals surface area contributed by atoms with Crippen LogP contribution in [0.5, 0.6) is 0 Å². The number of benzene rings is 5. The van der Waals surface area contributed by atoms with Crippen molar-refractivity contribution < 1.29 is 0 Å². The van der Waals surface area contributed by atoms with Gasteiger partial charge in [-0.3, -0.25) is 0 Å². The molecule has 0 saturated heterocycles. The second-order valence-corrected chi connectivity index (χ2v) is 12.3. The quantitative estimate of drug-likeness (QED) is 0.343. The molecule has 0 aliphatic carbocycles. The molecular weight excluding hydrogens is 400 g/mol. The fourth-order valence-electron chi connectivity index (χ4n) is 5.63. The Bertz CT molecular complexity index is 1380. The van der Waals surface area contributed by atoms with Crippen LogP contribution in [-0.4, -0.2) is 8.07 Å². The van der Waals surface area contributed by atoms with Gasteiger partial charge >= 0.3 is 0 Å². The van der Waals surface area contributed by atoms with E-state index in [2.05, 4.69) is 134 Å². The van der Waals surface area contributed by atoms with Crippen LogP contribution in [0.3, 0.4) is 0 Å². The van der Waals surface area contributed by atoms with Crippen molar-refractivity contribution in [2.45, 2.75) is 6.92 Å². The van der Waals surface area contributed by atoms with Gasteiger partial charge in [-0.1, -0.05) is 127 Å². The van der Waals surface area contributed by atoms with Gasteiger partial charge in [-0.05, 0) is 55.5 Å². The minimum atomic E-state index is -2.55. The van der Waals surface area contributed by atoms with Crippen molar-refractivity contribution >= 4 is 28.8 Å². The zero-order valence-corrected chi connectivity index (χ0v) is 19.1. The van der Waals surface area contributed by atoms with Crippen molar-refractivity contribution in [2.24, 2.45) is 0 Å². The predicted octanol–water partition coefficient (Wildman–Crippen LogP) is 5.02. The van der Waals surface area contributed by atoms with E-state index in [1.165, 1.54) is 48.6 Å². The lowest BCUT2D eigenvalue weighted by Gasteiger charge is -2.35. The van der Waals surface area contributed by atoms with E-state index in [-0.39, 0.29) is 0 Å². The summed E-state index contributed by atoms with van der Waals surface area (Å²) in [5, 5.41) is 5.79. The fourth-order valence-corrected chi connectivity index (χ4v) is 10.8. The van der Waals surface area contributed by atoms with E-state index in [0.717, 1.165) is 0 Å². The van der Waals surface area contributed by atoms with Crippen LogP contribution >= 0.6 is 0 Å². The SMILES string of the molecule is Cc1cccc2c1-c1ccccc1[Si](c1ccccc1)(c1ccccc1)c1ccccc1-2. The first-order valence-electron chi connectivity index (χ1n) is 11.2. The molecule has 0 fully saturated rings. The molecule has 152 valence electrons. The maximum atomic E-state index is 2.39. The van der Waals surface area contributed by atoms with Crippen molar-refractivity contribution in [3.05, 3.63) is 133 Å². The highest BCUT2D eigenvalue weighted by atomic mass is 28.3. The van der Waals surface area contributed by atoms with Gasteiger partial charge < -0.3 is 0 Å². The van der Waals surface area contributed by atoms with Crippen LogP contribution in [0.2, 0.25) is 0 Å². The molecule has 0 amide bonds. The molecule has 5 aromatic rings. The lowest BCUT2D eigenvalue weighted by atomic mass is 9.91. The molecule has 5 aromatic carbocycles. The minimum absolute atomic E-state index is 1.33. The van der Waals surface area contributed by atoms with Crippen LogP contribution in [-0.2, 0) is 0 Å². The molecule has 0 saturated carbocycles. The molecule has 32 heavy (non-hydrogen) atoms. The molecule has 0 radical (unpaired) electrons. The topological polar surface area (TPSA) is 0 Å². The molecule has 1 heteroatoms. The average molecular weight is 425 g/mol. The third-order valence-corrected chi connectivity index (χ3v) is 11.8. The molecule has 0 nitrogen and oxygen atoms in total. The van der Waals surface area contributed by atoms with E-state index in [4.69, 9.17) is 0 Å². The van der Waals surface area contributed by atoms with Gasteiger partial charge in [0.05, 0.1) is 0 Å². The normalized spacial score (nSPS) is 13.4. The molecule has 0 aromatic heterocycles. The number of fused-ring (bicyclic) bond motifs is 5. The van der Waals surface area contributed by atoms with Crippen LogP contribution < -0.4 is 20.7 Å². The highest BCUT2D eigenvalue weighted by molar-refractivity contribution is 7.21. The Hall–Kier alpha value is -3.68. The summed E-state index contributed by atoms with van der Waals surface area (Å²) in [5.41, 5.74) is 6.78. The van der Waals surface area contributed by atoms with Crippen molar-refractivity contribution in [1.82, 2.24) is 0 Å². The van der Waals surface area contributed by atoms with Gasteiger partial charge in [0, 0.05) is 0 Å². The molecule has 1 aliphatic heterocycles. The summed E-state index contributed by atoms with van der Waals surface area (Å²) < 4.78 is 0. The van der Waals surface area contributed by atoms with E-state index in [1.54, 1.807) is 0 Å². The van der Waals surface area contributed by atoms with Crippen LogP contribution in [0.15, 0.2) is 127 Å². The van der Waals surface area contributed by atoms with Crippen molar-refractivity contribution in [3.63, 3.8) is 0 Å². The van der Waals surface area contributed by atoms with E-state index < -0.39 is 8.07 Å². The van der Waals surface area contributed by atoms with Crippen molar-refractivity contribution in [3.8, 4) is 22.3 Å². The number of hydrogen-bond donors (Lipinski definition) is 0. The molecule has 1 heterocycles. The first-order chi connectivity index (χ1) is 15.8. The summed E-state index contributed by atoms with van der Waals surface area (Å²) in [7, 11) is -2.55. The van der Waals surface area contributed by atoms with Crippen molar-refractivity contribution in [2.75, 3.05) is 0 Å². The van der Waals surface area contributed by atoms with Gasteiger partial charge in [-0.2, -0.15) is 0 Å². The number of aryl methyl sites for hydroxylation is 1. The molecule has 1 aliphatic rings. The predicted molar refractivity (Wildman–Crippen MR) is 139 cm³/mol. The Morgan fingerprint density at radius 2 is 0.875 bits per heavy atom. The Kier molecular flexibility index (Phi) is 4.45. The monoisotopic (exact) mass is 424 g/mol. The minimum Gasteiger partial charge on any atom is -0.0623 e. The van der Waals surface area contributed by atoms with Crippen LogP contribution in [0.4, 0.5) is 0 Å². The van der Waals surface area contributed by atoms with Crippen LogP contribution in [0, 0.1) is 6.92 Å². The van der Waals surface area contributed by atoms with Crippen LogP contribution in [0.25, 0.3) is 22.3 Å². The third-order valence-electron chi connectivity index (χ3n) is 6.91. The fraction of sp³-hybridized carbons (Fsp3) is 0.0323. The first-order valence-corrected chi connectivity index (χ1v) is 13.2. The smallest absolute Gasteiger partial charge is 0.0623 e. The summed E-state index contributed by atoms with van der Waals surface area (Å²) >= 11 is 0. The lowest BCUT2D eigenvalue weighted by Crippen LogP contribution is -2.75. The number of hydrogen-bond acceptors (Lipinski definition) is 0. The average Bonchev–Trinajstić information content (AvgIpc) is 2.97. The summed E-state index contributed by atoms with van der Waals surface area (Å²) in [5.74, 6) is 0. The third kappa shape index (κ3) is 2.61. The van der Waals surface area contributed by atoms with E-state index >= 15 is 0 Å². The van der Waals surface area contributed by atoms with Crippen molar-refractivity contribution in [1.29, 1.82) is 0 Å². The van der Waals surface area contributed by atoms with Gasteiger partial charge in [0.1, 0.15) is 0 Å². The molecular formula is C31H24Si. The summed E-state index contributed by atoms with van der Waals surface area (Å²) in [4.78, 5) is 0. The van der Waals surface area contributed by atoms with Gasteiger partial charge in [0.25, 0.3) is 0 Å². The zero-order valence-electron chi connectivity index (χ0n) is 18.1. The Labute approximate surface area is 190 Å². The van der Waals surface area contributed by atoms with Gasteiger partial charge in [0.15, 0.2) is 8.07 Å². The molecule has 0 atom stereocenters. The highest BCUT2D eigenvalue weighted by Crippen LogP contribution is 2.37. The largest absolute Gasteiger partial charge is 0.180 e. The van der Waals surface area contributed by atoms with Crippen LogP contribution in [0.1, 0.15) is 5.56 Å². The molecule has 0 N–H and O–H groups in total. The van der Waals surface area contributed by atoms with E-state index in [0.29, 0.717) is 0 Å². The Balaban J connectivity index is 1.90. The molecule has 0 bridgehead atoms. The summed E-state index contributed by atoms with van der Waals surface area (Å²) in [6.07, 6.45) is 0. The lowest BCUT2D eigenvalue weighted by molar-refractivity contribution is 1.46. The van der Waals surface area contributed by atoms with Gasteiger partial charge in [-0.25, -0.2) is 0 Å². The van der Waals surface area contributed by atoms with E-state index in [1.807, 2.05) is 0 Å². The summed E-state index contributed by atoms with van der Waals surface area (Å²) in [6, 6.07) is 47.4. The standard InChI is InChI=1S/C31H24Si/c1-23-13-12-20-27-26-18-8-10-21-29(26)32(24-14-4-2-5-15-24,25-16-6-3-7-17-25)30-22-11-9-19-28(30)31(23)27/h2-22H,1H3. The molecule has 0 unspecified atom stereocenters. The second-order valence-electron chi connectivity index (χ2n) is 8.57. The Morgan fingerprint density at radius 3 is 1.50 bits per heavy atom. The maximum absolute atomic E-state index is 2.55. The highest BCUT2D eigenvalue weighted by Gasteiger charge is 2.46. The van der Waals surface area contributed by atoms with Gasteiger partial charge in [-0.15, -0.1) is 0 Å². The maximum Gasteiger partial charge on any atom is 0.180 e. The zero-order chi connectivity index (χ0) is 21.5. The molecule has 0 spiro atoms. The number of rotatable bonds is 2.